The van der Waals surface area contributed by atoms with Gasteiger partial charge >= 0.3 is 11.9 Å². The second-order valence-electron chi connectivity index (χ2n) is 4.92. The van der Waals surface area contributed by atoms with E-state index < -0.39 is 5.97 Å². The highest BCUT2D eigenvalue weighted by Gasteiger charge is 2.61. The Morgan fingerprint density at radius 1 is 1.53 bits per heavy atom. The maximum atomic E-state index is 11.5. The van der Waals surface area contributed by atoms with Gasteiger partial charge in [0.05, 0.1) is 18.6 Å². The molecule has 0 spiro atoms. The molecule has 3 rings (SSSR count). The smallest absolute Gasteiger partial charge is 0.333 e. The number of fused-ring (bicyclic) bond motifs is 5. The van der Waals surface area contributed by atoms with E-state index >= 15 is 0 Å². The van der Waals surface area contributed by atoms with Crippen LogP contribution in [-0.2, 0) is 23.8 Å². The van der Waals surface area contributed by atoms with Crippen molar-refractivity contribution in [2.24, 2.45) is 11.8 Å². The van der Waals surface area contributed by atoms with Crippen LogP contribution in [0.15, 0.2) is 12.2 Å². The van der Waals surface area contributed by atoms with E-state index in [0.29, 0.717) is 18.6 Å². The van der Waals surface area contributed by atoms with E-state index in [2.05, 4.69) is 6.58 Å². The maximum absolute atomic E-state index is 11.5. The Kier molecular flexibility index (Phi) is 2.26. The van der Waals surface area contributed by atoms with Crippen LogP contribution >= 0.6 is 0 Å². The van der Waals surface area contributed by atoms with Crippen molar-refractivity contribution in [1.29, 1.82) is 0 Å². The third-order valence-corrected chi connectivity index (χ3v) is 3.74. The van der Waals surface area contributed by atoms with Crippen LogP contribution in [0, 0.1) is 11.8 Å². The zero-order valence-electron chi connectivity index (χ0n) is 9.55. The summed E-state index contributed by atoms with van der Waals surface area (Å²) >= 11 is 0. The molecule has 5 nitrogen and oxygen atoms in total. The molecule has 3 fully saturated rings. The Bertz CT molecular complexity index is 402. The molecule has 0 N–H and O–H groups in total. The summed E-state index contributed by atoms with van der Waals surface area (Å²) in [7, 11) is 0. The Morgan fingerprint density at radius 3 is 3.00 bits per heavy atom. The predicted octanol–water partition coefficient (Wildman–Crippen LogP) is 0.435. The molecule has 2 bridgehead atoms. The first-order valence-corrected chi connectivity index (χ1v) is 5.76. The number of cyclic esters (lactones) is 1. The van der Waals surface area contributed by atoms with Gasteiger partial charge in [0.1, 0.15) is 12.2 Å². The lowest BCUT2D eigenvalue weighted by Gasteiger charge is -2.25. The summed E-state index contributed by atoms with van der Waals surface area (Å²) in [6.45, 7) is 5.54. The monoisotopic (exact) mass is 238 g/mol. The van der Waals surface area contributed by atoms with Crippen LogP contribution in [-0.4, -0.2) is 36.9 Å². The van der Waals surface area contributed by atoms with Crippen molar-refractivity contribution in [3.8, 4) is 0 Å². The molecule has 0 radical (unpaired) electrons. The molecule has 0 amide bonds. The molecule has 0 aliphatic carbocycles. The molecule has 0 aromatic heterocycles. The fraction of sp³-hybridized carbons (Fsp3) is 0.667. The molecule has 3 aliphatic heterocycles. The van der Waals surface area contributed by atoms with Crippen molar-refractivity contribution < 1.29 is 23.8 Å². The molecule has 3 saturated heterocycles. The van der Waals surface area contributed by atoms with E-state index in [0.717, 1.165) is 0 Å². The van der Waals surface area contributed by atoms with Gasteiger partial charge < -0.3 is 14.2 Å². The maximum Gasteiger partial charge on any atom is 0.333 e. The molecule has 0 aromatic carbocycles. The van der Waals surface area contributed by atoms with Crippen molar-refractivity contribution in [3.05, 3.63) is 12.2 Å². The number of hydrogen-bond donors (Lipinski definition) is 0. The van der Waals surface area contributed by atoms with Gasteiger partial charge in [0.15, 0.2) is 0 Å². The van der Waals surface area contributed by atoms with Gasteiger partial charge in [0.25, 0.3) is 0 Å². The fourth-order valence-electron chi connectivity index (χ4n) is 2.95. The lowest BCUT2D eigenvalue weighted by molar-refractivity contribution is -0.148. The van der Waals surface area contributed by atoms with Crippen molar-refractivity contribution in [1.82, 2.24) is 0 Å². The second kappa shape index (κ2) is 3.57. The first kappa shape index (κ1) is 10.8. The number of ether oxygens (including phenoxy) is 3. The molecular weight excluding hydrogens is 224 g/mol. The van der Waals surface area contributed by atoms with Gasteiger partial charge in [-0.2, -0.15) is 0 Å². The normalized spacial score (nSPS) is 42.2. The van der Waals surface area contributed by atoms with Gasteiger partial charge in [0.2, 0.25) is 0 Å². The standard InChI is InChI=1S/C12H14O5/c1-5(2)11(13)17-8-3-7-9-6(10(8)16-7)4-15-12(9)14/h6-10H,1,3-4H2,2H3. The molecule has 0 aromatic rings. The van der Waals surface area contributed by atoms with Gasteiger partial charge in [0, 0.05) is 17.9 Å². The number of esters is 2. The summed E-state index contributed by atoms with van der Waals surface area (Å²) in [4.78, 5) is 22.9. The predicted molar refractivity (Wildman–Crippen MR) is 55.9 cm³/mol. The van der Waals surface area contributed by atoms with Crippen LogP contribution < -0.4 is 0 Å². The topological polar surface area (TPSA) is 61.8 Å². The van der Waals surface area contributed by atoms with Crippen molar-refractivity contribution in [2.75, 3.05) is 6.61 Å². The third-order valence-electron chi connectivity index (χ3n) is 3.74. The summed E-state index contributed by atoms with van der Waals surface area (Å²) in [5.41, 5.74) is 0.378. The van der Waals surface area contributed by atoms with Crippen LogP contribution in [0.2, 0.25) is 0 Å². The van der Waals surface area contributed by atoms with E-state index in [1.165, 1.54) is 0 Å². The van der Waals surface area contributed by atoms with Crippen LogP contribution in [0.5, 0.6) is 0 Å². The first-order valence-electron chi connectivity index (χ1n) is 5.76. The SMILES string of the molecule is C=C(C)C(=O)OC1CC2OC1C1COC(=O)C21. The largest absolute Gasteiger partial charge is 0.465 e. The highest BCUT2D eigenvalue weighted by molar-refractivity contribution is 5.87. The van der Waals surface area contributed by atoms with E-state index in [1.54, 1.807) is 6.92 Å². The van der Waals surface area contributed by atoms with E-state index in [1.807, 2.05) is 0 Å². The second-order valence-corrected chi connectivity index (χ2v) is 4.92. The van der Waals surface area contributed by atoms with Gasteiger partial charge in [-0.05, 0) is 6.92 Å². The number of carbonyl (C=O) groups is 2. The van der Waals surface area contributed by atoms with Crippen molar-refractivity contribution in [3.63, 3.8) is 0 Å². The highest BCUT2D eigenvalue weighted by Crippen LogP contribution is 2.48. The minimum Gasteiger partial charge on any atom is -0.465 e. The Hall–Kier alpha value is -1.36. The zero-order valence-corrected chi connectivity index (χ0v) is 9.55. The fourth-order valence-corrected chi connectivity index (χ4v) is 2.95. The van der Waals surface area contributed by atoms with Crippen molar-refractivity contribution in [2.45, 2.75) is 31.7 Å². The van der Waals surface area contributed by atoms with Crippen LogP contribution in [0.25, 0.3) is 0 Å². The van der Waals surface area contributed by atoms with E-state index in [4.69, 9.17) is 14.2 Å². The molecule has 0 saturated carbocycles. The molecule has 92 valence electrons. The molecular formula is C12H14O5. The Balaban J connectivity index is 1.71. The molecule has 17 heavy (non-hydrogen) atoms. The average molecular weight is 238 g/mol. The third kappa shape index (κ3) is 1.49. The summed E-state index contributed by atoms with van der Waals surface area (Å²) in [6.07, 6.45) is -0.0254. The van der Waals surface area contributed by atoms with Crippen molar-refractivity contribution >= 4 is 11.9 Å². The molecule has 5 unspecified atom stereocenters. The first-order chi connectivity index (χ1) is 8.08. The van der Waals surface area contributed by atoms with E-state index in [9.17, 15) is 9.59 Å². The number of rotatable bonds is 2. The quantitative estimate of drug-likeness (QED) is 0.516. The van der Waals surface area contributed by atoms with E-state index in [-0.39, 0.29) is 36.1 Å². The lowest BCUT2D eigenvalue weighted by Crippen LogP contribution is -2.39. The van der Waals surface area contributed by atoms with Gasteiger partial charge in [-0.15, -0.1) is 0 Å². The highest BCUT2D eigenvalue weighted by atomic mass is 16.6. The summed E-state index contributed by atoms with van der Waals surface area (Å²) in [6, 6.07) is 0. The van der Waals surface area contributed by atoms with Crippen LogP contribution in [0.1, 0.15) is 13.3 Å². The summed E-state index contributed by atoms with van der Waals surface area (Å²) < 4.78 is 16.0. The van der Waals surface area contributed by atoms with Gasteiger partial charge in [-0.1, -0.05) is 6.58 Å². The zero-order chi connectivity index (χ0) is 12.2. The molecule has 3 aliphatic rings. The molecule has 5 heteroatoms. The Morgan fingerprint density at radius 2 is 2.29 bits per heavy atom. The van der Waals surface area contributed by atoms with Gasteiger partial charge in [-0.25, -0.2) is 4.79 Å². The molecule has 5 atom stereocenters. The van der Waals surface area contributed by atoms with Crippen LogP contribution in [0.3, 0.4) is 0 Å². The van der Waals surface area contributed by atoms with Gasteiger partial charge in [-0.3, -0.25) is 4.79 Å². The lowest BCUT2D eigenvalue weighted by atomic mass is 9.80. The van der Waals surface area contributed by atoms with Crippen LogP contribution in [0.4, 0.5) is 0 Å². The average Bonchev–Trinajstić information content (AvgIpc) is 2.90. The molecule has 3 heterocycles. The number of carbonyl (C=O) groups excluding carboxylic acids is 2. The summed E-state index contributed by atoms with van der Waals surface area (Å²) in [5, 5.41) is 0. The summed E-state index contributed by atoms with van der Waals surface area (Å²) in [5.74, 6) is -0.677. The number of hydrogen-bond acceptors (Lipinski definition) is 5. The minimum absolute atomic E-state index is 0.0455. The Labute approximate surface area is 98.7 Å². The minimum atomic E-state index is -0.395.